The summed E-state index contributed by atoms with van der Waals surface area (Å²) in [6.07, 6.45) is 7.63. The van der Waals surface area contributed by atoms with Gasteiger partial charge in [0, 0.05) is 25.5 Å². The van der Waals surface area contributed by atoms with E-state index >= 15 is 0 Å². The van der Waals surface area contributed by atoms with Gasteiger partial charge in [0.2, 0.25) is 0 Å². The fraction of sp³-hybridized carbons (Fsp3) is 0.577. The summed E-state index contributed by atoms with van der Waals surface area (Å²) >= 11 is 0. The van der Waals surface area contributed by atoms with E-state index in [2.05, 4.69) is 32.3 Å². The SMILES string of the molecule is C=C1CCC[C@H]2[C@](C)(Cc3c(OC(C)=O)c(OC(C)=O)cc4ncoc34)[C@@H](C)CC[C@]12C. The zero-order valence-corrected chi connectivity index (χ0v) is 19.7. The highest BCUT2D eigenvalue weighted by Gasteiger charge is 2.54. The zero-order chi connectivity index (χ0) is 23.3. The number of ether oxygens (including phenoxy) is 2. The Morgan fingerprint density at radius 3 is 2.62 bits per heavy atom. The molecule has 4 atom stereocenters. The summed E-state index contributed by atoms with van der Waals surface area (Å²) in [5.41, 5.74) is 3.25. The van der Waals surface area contributed by atoms with Crippen molar-refractivity contribution in [3.8, 4) is 11.5 Å². The number of rotatable bonds is 4. The van der Waals surface area contributed by atoms with Gasteiger partial charge in [-0.2, -0.15) is 0 Å². The predicted octanol–water partition coefficient (Wildman–Crippen LogP) is 6.02. The summed E-state index contributed by atoms with van der Waals surface area (Å²) in [4.78, 5) is 28.1. The Hall–Kier alpha value is -2.63. The average Bonchev–Trinajstić information content (AvgIpc) is 3.17. The monoisotopic (exact) mass is 439 g/mol. The molecule has 2 fully saturated rings. The van der Waals surface area contributed by atoms with Gasteiger partial charge in [0.1, 0.15) is 5.52 Å². The minimum Gasteiger partial charge on any atom is -0.443 e. The van der Waals surface area contributed by atoms with Gasteiger partial charge in [0.05, 0.1) is 0 Å². The first-order valence-corrected chi connectivity index (χ1v) is 11.5. The molecule has 0 saturated heterocycles. The lowest BCUT2D eigenvalue weighted by molar-refractivity contribution is -0.134. The molecule has 0 N–H and O–H groups in total. The quantitative estimate of drug-likeness (QED) is 0.329. The number of allylic oxidation sites excluding steroid dienone is 1. The lowest BCUT2D eigenvalue weighted by Gasteiger charge is -2.58. The third-order valence-corrected chi connectivity index (χ3v) is 8.26. The number of hydrogen-bond acceptors (Lipinski definition) is 6. The van der Waals surface area contributed by atoms with Crippen LogP contribution < -0.4 is 9.47 Å². The molecule has 0 spiro atoms. The van der Waals surface area contributed by atoms with Gasteiger partial charge in [-0.3, -0.25) is 9.59 Å². The van der Waals surface area contributed by atoms with Crippen molar-refractivity contribution in [2.24, 2.45) is 22.7 Å². The van der Waals surface area contributed by atoms with E-state index in [4.69, 9.17) is 13.9 Å². The Balaban J connectivity index is 1.88. The third-order valence-electron chi connectivity index (χ3n) is 8.26. The molecule has 4 rings (SSSR count). The molecule has 2 aromatic rings. The second kappa shape index (κ2) is 8.05. The number of benzene rings is 1. The summed E-state index contributed by atoms with van der Waals surface area (Å²) < 4.78 is 16.9. The van der Waals surface area contributed by atoms with Crippen molar-refractivity contribution in [2.45, 2.75) is 73.1 Å². The van der Waals surface area contributed by atoms with Gasteiger partial charge in [-0.1, -0.05) is 32.9 Å². The highest BCUT2D eigenvalue weighted by molar-refractivity contribution is 5.85. The molecule has 172 valence electrons. The van der Waals surface area contributed by atoms with Crippen molar-refractivity contribution >= 4 is 23.0 Å². The molecule has 0 unspecified atom stereocenters. The maximum atomic E-state index is 12.0. The van der Waals surface area contributed by atoms with Crippen LogP contribution in [-0.2, 0) is 16.0 Å². The molecule has 1 heterocycles. The van der Waals surface area contributed by atoms with E-state index in [1.54, 1.807) is 6.07 Å². The van der Waals surface area contributed by atoms with Crippen molar-refractivity contribution in [1.29, 1.82) is 0 Å². The Kier molecular flexibility index (Phi) is 5.68. The number of nitrogens with zero attached hydrogens (tertiary/aromatic N) is 1. The zero-order valence-electron chi connectivity index (χ0n) is 19.7. The van der Waals surface area contributed by atoms with Crippen LogP contribution in [0.15, 0.2) is 29.0 Å². The van der Waals surface area contributed by atoms with Crippen molar-refractivity contribution in [3.05, 3.63) is 30.2 Å². The highest BCUT2D eigenvalue weighted by atomic mass is 16.6. The number of carbonyl (C=O) groups excluding carboxylic acids is 2. The lowest BCUT2D eigenvalue weighted by atomic mass is 9.46. The normalized spacial score (nSPS) is 30.1. The van der Waals surface area contributed by atoms with Crippen molar-refractivity contribution in [1.82, 2.24) is 4.98 Å². The molecule has 6 nitrogen and oxygen atoms in total. The topological polar surface area (TPSA) is 78.6 Å². The number of oxazole rings is 1. The number of esters is 2. The molecular weight excluding hydrogens is 406 g/mol. The summed E-state index contributed by atoms with van der Waals surface area (Å²) in [6, 6.07) is 1.60. The van der Waals surface area contributed by atoms with Crippen molar-refractivity contribution in [3.63, 3.8) is 0 Å². The molecule has 0 amide bonds. The number of aromatic nitrogens is 1. The van der Waals surface area contributed by atoms with Crippen molar-refractivity contribution in [2.75, 3.05) is 0 Å². The van der Waals surface area contributed by atoms with Crippen LogP contribution in [0.4, 0.5) is 0 Å². The molecule has 1 aromatic carbocycles. The van der Waals surface area contributed by atoms with Gasteiger partial charge in [-0.25, -0.2) is 4.98 Å². The Bertz CT molecular complexity index is 1090. The third kappa shape index (κ3) is 3.63. The molecular formula is C26H33NO5. The van der Waals surface area contributed by atoms with Crippen LogP contribution in [0.25, 0.3) is 11.1 Å². The Morgan fingerprint density at radius 1 is 1.22 bits per heavy atom. The summed E-state index contributed by atoms with van der Waals surface area (Å²) in [7, 11) is 0. The van der Waals surface area contributed by atoms with E-state index in [9.17, 15) is 9.59 Å². The van der Waals surface area contributed by atoms with Gasteiger partial charge in [0.25, 0.3) is 0 Å². The van der Waals surface area contributed by atoms with E-state index in [0.717, 1.165) is 37.7 Å². The van der Waals surface area contributed by atoms with Crippen LogP contribution in [0.5, 0.6) is 11.5 Å². The van der Waals surface area contributed by atoms with Gasteiger partial charge < -0.3 is 13.9 Å². The van der Waals surface area contributed by atoms with Gasteiger partial charge in [0.15, 0.2) is 23.5 Å². The molecule has 0 radical (unpaired) electrons. The number of carbonyl (C=O) groups is 2. The predicted molar refractivity (Wildman–Crippen MR) is 121 cm³/mol. The second-order valence-corrected chi connectivity index (χ2v) is 10.2. The smallest absolute Gasteiger partial charge is 0.308 e. The van der Waals surface area contributed by atoms with Crippen LogP contribution in [0.3, 0.4) is 0 Å². The molecule has 1 aromatic heterocycles. The van der Waals surface area contributed by atoms with E-state index in [1.807, 2.05) is 0 Å². The fourth-order valence-electron chi connectivity index (χ4n) is 6.32. The average molecular weight is 440 g/mol. The van der Waals surface area contributed by atoms with E-state index in [1.165, 1.54) is 25.8 Å². The molecule has 2 aliphatic rings. The Morgan fingerprint density at radius 2 is 1.94 bits per heavy atom. The molecule has 6 heteroatoms. The van der Waals surface area contributed by atoms with Crippen LogP contribution in [0.2, 0.25) is 0 Å². The number of hydrogen-bond donors (Lipinski definition) is 0. The molecule has 0 aliphatic heterocycles. The molecule has 2 aliphatic carbocycles. The van der Waals surface area contributed by atoms with E-state index in [-0.39, 0.29) is 22.3 Å². The summed E-state index contributed by atoms with van der Waals surface area (Å²) in [5, 5.41) is 0. The summed E-state index contributed by atoms with van der Waals surface area (Å²) in [5.74, 6) is 0.392. The van der Waals surface area contributed by atoms with E-state index in [0.29, 0.717) is 29.4 Å². The van der Waals surface area contributed by atoms with Crippen LogP contribution >= 0.6 is 0 Å². The standard InChI is InChI=1S/C26H33NO5/c1-15-8-7-9-22-25(15,5)11-10-16(2)26(22,6)13-19-23-20(27-14-30-23)12-21(31-17(3)28)24(19)32-18(4)29/h12,14,16,22H,1,7-11,13H2,2-6H3/t16-,22+,25+,26+/m0/s1. The minimum absolute atomic E-state index is 0.0835. The van der Waals surface area contributed by atoms with Crippen molar-refractivity contribution < 1.29 is 23.5 Å². The van der Waals surface area contributed by atoms with Gasteiger partial charge in [-0.05, 0) is 61.2 Å². The fourth-order valence-corrected chi connectivity index (χ4v) is 6.32. The maximum absolute atomic E-state index is 12.0. The lowest BCUT2D eigenvalue weighted by Crippen LogP contribution is -2.51. The summed E-state index contributed by atoms with van der Waals surface area (Å²) in [6.45, 7) is 14.2. The van der Waals surface area contributed by atoms with Gasteiger partial charge in [-0.15, -0.1) is 0 Å². The second-order valence-electron chi connectivity index (χ2n) is 10.2. The van der Waals surface area contributed by atoms with Crippen LogP contribution in [-0.4, -0.2) is 16.9 Å². The highest BCUT2D eigenvalue weighted by Crippen LogP contribution is 2.62. The molecule has 2 saturated carbocycles. The Labute approximate surface area is 189 Å². The first-order valence-electron chi connectivity index (χ1n) is 11.5. The van der Waals surface area contributed by atoms with E-state index < -0.39 is 11.9 Å². The minimum atomic E-state index is -0.486. The van der Waals surface area contributed by atoms with Crippen LogP contribution in [0.1, 0.15) is 72.3 Å². The van der Waals surface area contributed by atoms with Crippen LogP contribution in [0, 0.1) is 22.7 Å². The molecule has 0 bridgehead atoms. The van der Waals surface area contributed by atoms with Gasteiger partial charge >= 0.3 is 11.9 Å². The molecule has 32 heavy (non-hydrogen) atoms. The number of fused-ring (bicyclic) bond motifs is 2. The maximum Gasteiger partial charge on any atom is 0.308 e. The largest absolute Gasteiger partial charge is 0.443 e. The first-order chi connectivity index (χ1) is 15.1. The first kappa shape index (κ1) is 22.6.